The summed E-state index contributed by atoms with van der Waals surface area (Å²) >= 11 is 0. The van der Waals surface area contributed by atoms with Crippen LogP contribution in [0, 0.1) is 0 Å². The molecule has 19 heavy (non-hydrogen) atoms. The minimum absolute atomic E-state index is 0.0100. The van der Waals surface area contributed by atoms with Gasteiger partial charge in [-0.3, -0.25) is 4.79 Å². The van der Waals surface area contributed by atoms with Gasteiger partial charge < -0.3 is 15.7 Å². The van der Waals surface area contributed by atoms with Crippen LogP contribution in [0.5, 0.6) is 0 Å². The third kappa shape index (κ3) is 6.36. The number of hydrogen-bond donors (Lipinski definition) is 3. The molecule has 0 aliphatic heterocycles. The molecule has 1 atom stereocenters. The maximum atomic E-state index is 11.8. The summed E-state index contributed by atoms with van der Waals surface area (Å²) < 4.78 is 0. The van der Waals surface area contributed by atoms with Crippen LogP contribution in [0.4, 0.5) is 0 Å². The second kappa shape index (κ2) is 7.26. The van der Waals surface area contributed by atoms with Gasteiger partial charge in [-0.1, -0.05) is 30.3 Å². The Morgan fingerprint density at radius 1 is 1.26 bits per heavy atom. The molecule has 4 nitrogen and oxygen atoms in total. The maximum Gasteiger partial charge on any atom is 0.221 e. The monoisotopic (exact) mass is 264 g/mol. The smallest absolute Gasteiger partial charge is 0.221 e. The van der Waals surface area contributed by atoms with Gasteiger partial charge >= 0.3 is 0 Å². The molecule has 0 radical (unpaired) electrons. The standard InChI is InChI=1S/C15H24N2O2/c1-15(2,3)16-10-9-14(19)17-13(11-18)12-7-5-4-6-8-12/h4-8,13,16,18H,9-11H2,1-3H3,(H,17,19)/t13-/m0/s1. The van der Waals surface area contributed by atoms with Crippen molar-refractivity contribution in [2.75, 3.05) is 13.2 Å². The van der Waals surface area contributed by atoms with Gasteiger partial charge in [-0.2, -0.15) is 0 Å². The van der Waals surface area contributed by atoms with Crippen molar-refractivity contribution in [2.24, 2.45) is 0 Å². The van der Waals surface area contributed by atoms with Gasteiger partial charge in [-0.15, -0.1) is 0 Å². The number of amides is 1. The lowest BCUT2D eigenvalue weighted by atomic mass is 10.1. The van der Waals surface area contributed by atoms with Crippen LogP contribution in [0.1, 0.15) is 38.8 Å². The molecule has 0 fully saturated rings. The second-order valence-electron chi connectivity index (χ2n) is 5.64. The number of hydrogen-bond acceptors (Lipinski definition) is 3. The van der Waals surface area contributed by atoms with E-state index in [4.69, 9.17) is 0 Å². The van der Waals surface area contributed by atoms with E-state index in [1.54, 1.807) is 0 Å². The summed E-state index contributed by atoms with van der Waals surface area (Å²) in [5.41, 5.74) is 0.929. The van der Waals surface area contributed by atoms with Crippen LogP contribution >= 0.6 is 0 Å². The first-order chi connectivity index (χ1) is 8.92. The molecule has 0 aliphatic carbocycles. The van der Waals surface area contributed by atoms with E-state index in [-0.39, 0.29) is 24.1 Å². The first kappa shape index (κ1) is 15.7. The molecule has 3 N–H and O–H groups in total. The lowest BCUT2D eigenvalue weighted by molar-refractivity contribution is -0.122. The first-order valence-corrected chi connectivity index (χ1v) is 6.62. The van der Waals surface area contributed by atoms with Crippen LogP contribution in [0.3, 0.4) is 0 Å². The molecule has 106 valence electrons. The molecule has 1 aromatic carbocycles. The minimum atomic E-state index is -0.330. The fraction of sp³-hybridized carbons (Fsp3) is 0.533. The van der Waals surface area contributed by atoms with Crippen molar-refractivity contribution in [3.8, 4) is 0 Å². The molecule has 1 amide bonds. The second-order valence-corrected chi connectivity index (χ2v) is 5.64. The predicted octanol–water partition coefficient (Wildman–Crippen LogP) is 1.61. The first-order valence-electron chi connectivity index (χ1n) is 6.62. The van der Waals surface area contributed by atoms with E-state index in [1.165, 1.54) is 0 Å². The fourth-order valence-electron chi connectivity index (χ4n) is 1.74. The van der Waals surface area contributed by atoms with Crippen LogP contribution in [-0.2, 0) is 4.79 Å². The summed E-state index contributed by atoms with van der Waals surface area (Å²) in [5.74, 6) is -0.0559. The van der Waals surface area contributed by atoms with Crippen LogP contribution in [0.2, 0.25) is 0 Å². The highest BCUT2D eigenvalue weighted by Crippen LogP contribution is 2.11. The molecule has 0 aromatic heterocycles. The van der Waals surface area contributed by atoms with Crippen molar-refractivity contribution in [3.05, 3.63) is 35.9 Å². The molecule has 0 spiro atoms. The molecule has 1 aromatic rings. The average Bonchev–Trinajstić information content (AvgIpc) is 2.35. The van der Waals surface area contributed by atoms with Gasteiger partial charge in [0.05, 0.1) is 12.6 Å². The van der Waals surface area contributed by atoms with Crippen LogP contribution in [-0.4, -0.2) is 29.7 Å². The van der Waals surface area contributed by atoms with Crippen molar-refractivity contribution < 1.29 is 9.90 Å². The van der Waals surface area contributed by atoms with E-state index in [0.29, 0.717) is 13.0 Å². The predicted molar refractivity (Wildman–Crippen MR) is 76.8 cm³/mol. The average molecular weight is 264 g/mol. The van der Waals surface area contributed by atoms with Gasteiger partial charge in [0.25, 0.3) is 0 Å². The summed E-state index contributed by atoms with van der Waals surface area (Å²) in [5, 5.41) is 15.5. The normalized spacial score (nSPS) is 13.1. The van der Waals surface area contributed by atoms with Crippen molar-refractivity contribution in [2.45, 2.75) is 38.8 Å². The van der Waals surface area contributed by atoms with Crippen LogP contribution in [0.15, 0.2) is 30.3 Å². The zero-order valence-corrected chi connectivity index (χ0v) is 11.9. The maximum absolute atomic E-state index is 11.8. The van der Waals surface area contributed by atoms with Gasteiger partial charge in [-0.25, -0.2) is 0 Å². The Morgan fingerprint density at radius 2 is 1.89 bits per heavy atom. The van der Waals surface area contributed by atoms with Crippen molar-refractivity contribution in [1.82, 2.24) is 10.6 Å². The number of nitrogens with one attached hydrogen (secondary N) is 2. The Morgan fingerprint density at radius 3 is 2.42 bits per heavy atom. The van der Waals surface area contributed by atoms with Gasteiger partial charge in [0, 0.05) is 18.5 Å². The summed E-state index contributed by atoms with van der Waals surface area (Å²) in [4.78, 5) is 11.8. The van der Waals surface area contributed by atoms with Gasteiger partial charge in [0.1, 0.15) is 0 Å². The molecule has 0 heterocycles. The molecular weight excluding hydrogens is 240 g/mol. The fourth-order valence-corrected chi connectivity index (χ4v) is 1.74. The van der Waals surface area contributed by atoms with Gasteiger partial charge in [-0.05, 0) is 26.3 Å². The van der Waals surface area contributed by atoms with E-state index < -0.39 is 0 Å². The van der Waals surface area contributed by atoms with Crippen molar-refractivity contribution >= 4 is 5.91 Å². The van der Waals surface area contributed by atoms with Gasteiger partial charge in [0.15, 0.2) is 0 Å². The van der Waals surface area contributed by atoms with E-state index >= 15 is 0 Å². The zero-order chi connectivity index (χ0) is 14.3. The number of aliphatic hydroxyl groups is 1. The topological polar surface area (TPSA) is 61.4 Å². The Hall–Kier alpha value is -1.39. The molecule has 4 heteroatoms. The van der Waals surface area contributed by atoms with Crippen LogP contribution in [0.25, 0.3) is 0 Å². The molecular formula is C15H24N2O2. The summed E-state index contributed by atoms with van der Waals surface area (Å²) in [6, 6.07) is 9.16. The van der Waals surface area contributed by atoms with Gasteiger partial charge in [0.2, 0.25) is 5.91 Å². The lowest BCUT2D eigenvalue weighted by Crippen LogP contribution is -2.39. The molecule has 0 saturated heterocycles. The summed E-state index contributed by atoms with van der Waals surface area (Å²) in [6.07, 6.45) is 0.403. The van der Waals surface area contributed by atoms with E-state index in [9.17, 15) is 9.90 Å². The van der Waals surface area contributed by atoms with Crippen molar-refractivity contribution in [1.29, 1.82) is 0 Å². The van der Waals surface area contributed by atoms with Crippen LogP contribution < -0.4 is 10.6 Å². The Kier molecular flexibility index (Phi) is 5.99. The third-order valence-corrected chi connectivity index (χ3v) is 2.73. The number of rotatable bonds is 6. The van der Waals surface area contributed by atoms with E-state index in [2.05, 4.69) is 31.4 Å². The van der Waals surface area contributed by atoms with Crippen molar-refractivity contribution in [3.63, 3.8) is 0 Å². The molecule has 1 rings (SSSR count). The Balaban J connectivity index is 2.42. The minimum Gasteiger partial charge on any atom is -0.394 e. The number of carbonyl (C=O) groups is 1. The largest absolute Gasteiger partial charge is 0.394 e. The molecule has 0 saturated carbocycles. The summed E-state index contributed by atoms with van der Waals surface area (Å²) in [6.45, 7) is 6.72. The Bertz CT molecular complexity index is 385. The number of benzene rings is 1. The number of carbonyl (C=O) groups excluding carboxylic acids is 1. The quantitative estimate of drug-likeness (QED) is 0.731. The highest BCUT2D eigenvalue weighted by molar-refractivity contribution is 5.76. The summed E-state index contributed by atoms with van der Waals surface area (Å²) in [7, 11) is 0. The van der Waals surface area contributed by atoms with E-state index in [1.807, 2.05) is 30.3 Å². The molecule has 0 unspecified atom stereocenters. The molecule has 0 aliphatic rings. The lowest BCUT2D eigenvalue weighted by Gasteiger charge is -2.21. The zero-order valence-electron chi connectivity index (χ0n) is 11.9. The SMILES string of the molecule is CC(C)(C)NCCC(=O)N[C@@H](CO)c1ccccc1. The third-order valence-electron chi connectivity index (χ3n) is 2.73. The number of aliphatic hydroxyl groups excluding tert-OH is 1. The Labute approximate surface area is 115 Å². The highest BCUT2D eigenvalue weighted by Gasteiger charge is 2.14. The highest BCUT2D eigenvalue weighted by atomic mass is 16.3. The van der Waals surface area contributed by atoms with E-state index in [0.717, 1.165) is 5.56 Å². The molecule has 0 bridgehead atoms.